The first-order valence-electron chi connectivity index (χ1n) is 9.42. The molecule has 1 fully saturated rings. The maximum absolute atomic E-state index is 12.9. The van der Waals surface area contributed by atoms with Crippen molar-refractivity contribution in [2.24, 2.45) is 0 Å². The minimum Gasteiger partial charge on any atom is -0.495 e. The van der Waals surface area contributed by atoms with Crippen LogP contribution in [0.15, 0.2) is 39.3 Å². The summed E-state index contributed by atoms with van der Waals surface area (Å²) >= 11 is 6.79. The van der Waals surface area contributed by atoms with Crippen LogP contribution < -0.4 is 15.0 Å². The summed E-state index contributed by atoms with van der Waals surface area (Å²) in [4.78, 5) is 27.6. The van der Waals surface area contributed by atoms with Crippen LogP contribution in [0.5, 0.6) is 5.75 Å². The Balaban J connectivity index is 1.92. The Morgan fingerprint density at radius 2 is 1.87 bits per heavy atom. The molecule has 0 spiro atoms. The molecule has 0 aliphatic carbocycles. The third-order valence-electron chi connectivity index (χ3n) is 4.56. The molecule has 30 heavy (non-hydrogen) atoms. The fraction of sp³-hybridized carbons (Fsp3) is 0.333. The number of nitrogens with zero attached hydrogens (tertiary/aromatic N) is 1. The molecule has 1 amide bonds. The maximum atomic E-state index is 12.9. The number of carbonyl (C=O) groups is 2. The van der Waals surface area contributed by atoms with Gasteiger partial charge in [-0.05, 0) is 53.2 Å². The highest BCUT2D eigenvalue weighted by atomic mass is 79.9. The van der Waals surface area contributed by atoms with Gasteiger partial charge in [-0.1, -0.05) is 15.9 Å². The van der Waals surface area contributed by atoms with Gasteiger partial charge in [-0.15, -0.1) is 0 Å². The van der Waals surface area contributed by atoms with E-state index in [-0.39, 0.29) is 12.5 Å². The van der Waals surface area contributed by atoms with E-state index < -0.39 is 5.97 Å². The topological polar surface area (TPSA) is 77.1 Å². The molecule has 0 aromatic heterocycles. The smallest absolute Gasteiger partial charge is 0.340 e. The Morgan fingerprint density at radius 3 is 2.53 bits per heavy atom. The molecule has 3 rings (SSSR count). The van der Waals surface area contributed by atoms with Gasteiger partial charge < -0.3 is 24.4 Å². The molecule has 1 heterocycles. The highest BCUT2D eigenvalue weighted by molar-refractivity contribution is 9.11. The number of hydrogen-bond acceptors (Lipinski definition) is 6. The predicted molar refractivity (Wildman–Crippen MR) is 122 cm³/mol. The lowest BCUT2D eigenvalue weighted by Gasteiger charge is -2.30. The summed E-state index contributed by atoms with van der Waals surface area (Å²) in [5, 5.41) is 2.84. The zero-order valence-corrected chi connectivity index (χ0v) is 19.8. The van der Waals surface area contributed by atoms with Gasteiger partial charge in [-0.25, -0.2) is 4.79 Å². The molecule has 0 unspecified atom stereocenters. The molecule has 1 aliphatic rings. The summed E-state index contributed by atoms with van der Waals surface area (Å²) in [6, 6.07) is 8.70. The second-order valence-electron chi connectivity index (χ2n) is 6.47. The zero-order chi connectivity index (χ0) is 21.7. The van der Waals surface area contributed by atoms with Crippen molar-refractivity contribution in [1.29, 1.82) is 0 Å². The first kappa shape index (κ1) is 22.6. The van der Waals surface area contributed by atoms with Crippen molar-refractivity contribution in [3.63, 3.8) is 0 Å². The Kier molecular flexibility index (Phi) is 7.74. The summed E-state index contributed by atoms with van der Waals surface area (Å²) in [5.74, 6) is -0.369. The van der Waals surface area contributed by atoms with Gasteiger partial charge in [0.15, 0.2) is 0 Å². The Hall–Kier alpha value is -2.10. The zero-order valence-electron chi connectivity index (χ0n) is 16.7. The molecular formula is C21H22Br2N2O5. The second kappa shape index (κ2) is 10.3. The van der Waals surface area contributed by atoms with Crippen molar-refractivity contribution in [2.45, 2.75) is 6.92 Å². The number of ether oxygens (including phenoxy) is 3. The molecule has 1 saturated heterocycles. The number of benzene rings is 2. The fourth-order valence-electron chi connectivity index (χ4n) is 3.20. The van der Waals surface area contributed by atoms with Crippen molar-refractivity contribution in [1.82, 2.24) is 0 Å². The van der Waals surface area contributed by atoms with Gasteiger partial charge in [0, 0.05) is 23.2 Å². The highest BCUT2D eigenvalue weighted by Crippen LogP contribution is 2.33. The third-order valence-corrected chi connectivity index (χ3v) is 5.61. The molecule has 1 aliphatic heterocycles. The van der Waals surface area contributed by atoms with Crippen LogP contribution in [-0.2, 0) is 9.47 Å². The van der Waals surface area contributed by atoms with Gasteiger partial charge in [-0.3, -0.25) is 4.79 Å². The quantitative estimate of drug-likeness (QED) is 0.543. The van der Waals surface area contributed by atoms with Crippen molar-refractivity contribution >= 4 is 55.1 Å². The van der Waals surface area contributed by atoms with E-state index in [4.69, 9.17) is 14.2 Å². The normalized spacial score (nSPS) is 13.7. The summed E-state index contributed by atoms with van der Waals surface area (Å²) in [6.07, 6.45) is 0. The van der Waals surface area contributed by atoms with Crippen LogP contribution in [-0.4, -0.2) is 51.9 Å². The predicted octanol–water partition coefficient (Wildman–Crippen LogP) is 4.49. The molecule has 0 atom stereocenters. The highest BCUT2D eigenvalue weighted by Gasteiger charge is 2.22. The average Bonchev–Trinajstić information content (AvgIpc) is 2.74. The SMILES string of the molecule is CCOC(=O)c1cc(NC(=O)c2cc(Br)cc(Br)c2OC)ccc1N1CCOCC1. The summed E-state index contributed by atoms with van der Waals surface area (Å²) in [6.45, 7) is 4.58. The van der Waals surface area contributed by atoms with Crippen LogP contribution >= 0.6 is 31.9 Å². The molecule has 9 heteroatoms. The van der Waals surface area contributed by atoms with Crippen LogP contribution in [0.25, 0.3) is 0 Å². The van der Waals surface area contributed by atoms with E-state index in [2.05, 4.69) is 42.1 Å². The maximum Gasteiger partial charge on any atom is 0.340 e. The summed E-state index contributed by atoms with van der Waals surface area (Å²) < 4.78 is 17.4. The first-order valence-corrected chi connectivity index (χ1v) is 11.0. The van der Waals surface area contributed by atoms with Gasteiger partial charge >= 0.3 is 5.97 Å². The Labute approximate surface area is 191 Å². The molecule has 0 saturated carbocycles. The first-order chi connectivity index (χ1) is 14.4. The van der Waals surface area contributed by atoms with E-state index in [0.717, 1.165) is 10.2 Å². The van der Waals surface area contributed by atoms with Crippen molar-refractivity contribution in [3.8, 4) is 5.75 Å². The van der Waals surface area contributed by atoms with E-state index in [9.17, 15) is 9.59 Å². The summed E-state index contributed by atoms with van der Waals surface area (Å²) in [7, 11) is 1.50. The molecular weight excluding hydrogens is 520 g/mol. The second-order valence-corrected chi connectivity index (χ2v) is 8.24. The Bertz CT molecular complexity index is 945. The Morgan fingerprint density at radius 1 is 1.13 bits per heavy atom. The standard InChI is InChI=1S/C21H22Br2N2O5/c1-3-30-21(27)15-12-14(4-5-18(15)25-6-8-29-9-7-25)24-20(26)16-10-13(22)11-17(23)19(16)28-2/h4-5,10-12H,3,6-9H2,1-2H3,(H,24,26). The van der Waals surface area contributed by atoms with E-state index >= 15 is 0 Å². The third kappa shape index (κ3) is 5.14. The number of anilines is 2. The number of amides is 1. The van der Waals surface area contributed by atoms with Crippen LogP contribution in [0.4, 0.5) is 11.4 Å². The van der Waals surface area contributed by atoms with Crippen LogP contribution in [0.2, 0.25) is 0 Å². The lowest BCUT2D eigenvalue weighted by Crippen LogP contribution is -2.37. The molecule has 7 nitrogen and oxygen atoms in total. The van der Waals surface area contributed by atoms with Gasteiger partial charge in [0.25, 0.3) is 5.91 Å². The number of esters is 1. The molecule has 0 radical (unpaired) electrons. The molecule has 0 bridgehead atoms. The lowest BCUT2D eigenvalue weighted by atomic mass is 10.1. The molecule has 1 N–H and O–H groups in total. The van der Waals surface area contributed by atoms with Crippen LogP contribution in [0, 0.1) is 0 Å². The number of carbonyl (C=O) groups excluding carboxylic acids is 2. The summed E-state index contributed by atoms with van der Waals surface area (Å²) in [5.41, 5.74) is 2.00. The number of hydrogen-bond donors (Lipinski definition) is 1. The number of morpholine rings is 1. The monoisotopic (exact) mass is 540 g/mol. The number of methoxy groups -OCH3 is 1. The lowest BCUT2D eigenvalue weighted by molar-refractivity contribution is 0.0526. The van der Waals surface area contributed by atoms with E-state index in [0.29, 0.717) is 53.3 Å². The molecule has 160 valence electrons. The molecule has 2 aromatic carbocycles. The largest absolute Gasteiger partial charge is 0.495 e. The van der Waals surface area contributed by atoms with Crippen LogP contribution in [0.3, 0.4) is 0 Å². The molecule has 2 aromatic rings. The average molecular weight is 542 g/mol. The van der Waals surface area contributed by atoms with Crippen molar-refractivity contribution in [3.05, 3.63) is 50.4 Å². The van der Waals surface area contributed by atoms with E-state index in [1.807, 2.05) is 6.07 Å². The number of halogens is 2. The van der Waals surface area contributed by atoms with Gasteiger partial charge in [-0.2, -0.15) is 0 Å². The van der Waals surface area contributed by atoms with Crippen molar-refractivity contribution < 1.29 is 23.8 Å². The van der Waals surface area contributed by atoms with Crippen molar-refractivity contribution in [2.75, 3.05) is 50.2 Å². The van der Waals surface area contributed by atoms with E-state index in [1.54, 1.807) is 31.2 Å². The minimum absolute atomic E-state index is 0.265. The van der Waals surface area contributed by atoms with Gasteiger partial charge in [0.1, 0.15) is 5.75 Å². The number of rotatable bonds is 6. The van der Waals surface area contributed by atoms with Gasteiger partial charge in [0.05, 0.1) is 48.2 Å². The minimum atomic E-state index is -0.433. The fourth-order valence-corrected chi connectivity index (χ4v) is 4.59. The van der Waals surface area contributed by atoms with Gasteiger partial charge in [0.2, 0.25) is 0 Å². The number of nitrogens with one attached hydrogen (secondary N) is 1. The van der Waals surface area contributed by atoms with E-state index in [1.165, 1.54) is 7.11 Å². The van der Waals surface area contributed by atoms with Crippen LogP contribution in [0.1, 0.15) is 27.6 Å².